The first-order chi connectivity index (χ1) is 9.67. The third-order valence-electron chi connectivity index (χ3n) is 3.23. The zero-order valence-corrected chi connectivity index (χ0v) is 11.7. The van der Waals surface area contributed by atoms with E-state index in [1.807, 2.05) is 0 Å². The van der Waals surface area contributed by atoms with Gasteiger partial charge in [-0.25, -0.2) is 0 Å². The van der Waals surface area contributed by atoms with Crippen LogP contribution in [0.25, 0.3) is 0 Å². The third-order valence-corrected chi connectivity index (χ3v) is 3.23. The van der Waals surface area contributed by atoms with E-state index in [0.29, 0.717) is 30.7 Å². The Bertz CT molecular complexity index is 473. The second-order valence-corrected chi connectivity index (χ2v) is 4.51. The number of carbonyl (C=O) groups excluding carboxylic acids is 3. The van der Waals surface area contributed by atoms with Gasteiger partial charge < -0.3 is 14.3 Å². The first kappa shape index (κ1) is 16.0. The van der Waals surface area contributed by atoms with Crippen LogP contribution in [0.15, 0.2) is 18.2 Å². The highest BCUT2D eigenvalue weighted by Gasteiger charge is 2.17. The SMILES string of the molecule is COc1cccc(C=O)c1CN(C)C(C=O)CCC=O. The van der Waals surface area contributed by atoms with Gasteiger partial charge in [0.15, 0.2) is 6.29 Å². The maximum atomic E-state index is 11.1. The Balaban J connectivity index is 2.93. The Morgan fingerprint density at radius 3 is 2.60 bits per heavy atom. The minimum Gasteiger partial charge on any atom is -0.496 e. The Morgan fingerprint density at radius 2 is 2.05 bits per heavy atom. The molecule has 5 nitrogen and oxygen atoms in total. The van der Waals surface area contributed by atoms with Gasteiger partial charge in [-0.1, -0.05) is 12.1 Å². The van der Waals surface area contributed by atoms with Crippen molar-refractivity contribution in [3.63, 3.8) is 0 Å². The van der Waals surface area contributed by atoms with Gasteiger partial charge in [0.1, 0.15) is 18.3 Å². The van der Waals surface area contributed by atoms with E-state index in [-0.39, 0.29) is 6.04 Å². The van der Waals surface area contributed by atoms with Crippen LogP contribution in [0.4, 0.5) is 0 Å². The highest BCUT2D eigenvalue weighted by molar-refractivity contribution is 5.78. The van der Waals surface area contributed by atoms with Crippen LogP contribution in [0, 0.1) is 0 Å². The van der Waals surface area contributed by atoms with Crippen molar-refractivity contribution in [2.24, 2.45) is 0 Å². The number of benzene rings is 1. The van der Waals surface area contributed by atoms with Crippen molar-refractivity contribution >= 4 is 18.9 Å². The van der Waals surface area contributed by atoms with Gasteiger partial charge in [0.05, 0.1) is 13.2 Å². The average Bonchev–Trinajstić information content (AvgIpc) is 2.48. The first-order valence-electron chi connectivity index (χ1n) is 6.38. The standard InChI is InChI=1S/C15H19NO4/c1-16(13(11-19)6-4-8-17)9-14-12(10-18)5-3-7-15(14)20-2/h3,5,7-8,10-11,13H,4,6,9H2,1-2H3. The summed E-state index contributed by atoms with van der Waals surface area (Å²) in [6.07, 6.45) is 3.19. The number of carbonyl (C=O) groups is 3. The van der Waals surface area contributed by atoms with E-state index in [0.717, 1.165) is 24.4 Å². The molecule has 1 rings (SSSR count). The highest BCUT2D eigenvalue weighted by atomic mass is 16.5. The fraction of sp³-hybridized carbons (Fsp3) is 0.400. The van der Waals surface area contributed by atoms with E-state index in [2.05, 4.69) is 0 Å². The summed E-state index contributed by atoms with van der Waals surface area (Å²) in [5.74, 6) is 0.612. The average molecular weight is 277 g/mol. The molecule has 1 aromatic carbocycles. The molecule has 0 saturated carbocycles. The molecular weight excluding hydrogens is 258 g/mol. The quantitative estimate of drug-likeness (QED) is 0.640. The monoisotopic (exact) mass is 277 g/mol. The van der Waals surface area contributed by atoms with Gasteiger partial charge in [-0.05, 0) is 19.5 Å². The Hall–Kier alpha value is -2.01. The third kappa shape index (κ3) is 3.99. The van der Waals surface area contributed by atoms with Crippen molar-refractivity contribution in [3.8, 4) is 5.75 Å². The number of hydrogen-bond donors (Lipinski definition) is 0. The zero-order valence-electron chi connectivity index (χ0n) is 11.7. The number of ether oxygens (including phenoxy) is 1. The number of rotatable bonds is 9. The minimum atomic E-state index is -0.357. The van der Waals surface area contributed by atoms with Crippen LogP contribution >= 0.6 is 0 Å². The van der Waals surface area contributed by atoms with E-state index in [1.54, 1.807) is 30.1 Å². The van der Waals surface area contributed by atoms with Crippen molar-refractivity contribution in [1.29, 1.82) is 0 Å². The van der Waals surface area contributed by atoms with E-state index >= 15 is 0 Å². The molecule has 0 heterocycles. The molecular formula is C15H19NO4. The largest absolute Gasteiger partial charge is 0.496 e. The molecule has 20 heavy (non-hydrogen) atoms. The lowest BCUT2D eigenvalue weighted by Gasteiger charge is -2.24. The van der Waals surface area contributed by atoms with Gasteiger partial charge in [-0.2, -0.15) is 0 Å². The van der Waals surface area contributed by atoms with Gasteiger partial charge in [0.2, 0.25) is 0 Å². The van der Waals surface area contributed by atoms with Crippen molar-refractivity contribution < 1.29 is 19.1 Å². The van der Waals surface area contributed by atoms with Crippen LogP contribution in [-0.2, 0) is 16.1 Å². The van der Waals surface area contributed by atoms with Crippen LogP contribution in [-0.4, -0.2) is 44.0 Å². The fourth-order valence-electron chi connectivity index (χ4n) is 2.05. The zero-order chi connectivity index (χ0) is 15.0. The summed E-state index contributed by atoms with van der Waals surface area (Å²) in [7, 11) is 3.32. The lowest BCUT2D eigenvalue weighted by atomic mass is 10.1. The van der Waals surface area contributed by atoms with Crippen molar-refractivity contribution in [2.45, 2.75) is 25.4 Å². The summed E-state index contributed by atoms with van der Waals surface area (Å²) in [5, 5.41) is 0. The van der Waals surface area contributed by atoms with Crippen LogP contribution in [0.2, 0.25) is 0 Å². The van der Waals surface area contributed by atoms with Gasteiger partial charge in [-0.3, -0.25) is 9.69 Å². The second-order valence-electron chi connectivity index (χ2n) is 4.51. The predicted molar refractivity (Wildman–Crippen MR) is 75.0 cm³/mol. The molecule has 0 N–H and O–H groups in total. The molecule has 0 radical (unpaired) electrons. The Labute approximate surface area is 118 Å². The van der Waals surface area contributed by atoms with Crippen molar-refractivity contribution in [3.05, 3.63) is 29.3 Å². The van der Waals surface area contributed by atoms with Crippen molar-refractivity contribution in [2.75, 3.05) is 14.2 Å². The summed E-state index contributed by atoms with van der Waals surface area (Å²) in [6, 6.07) is 4.87. The normalized spacial score (nSPS) is 11.9. The van der Waals surface area contributed by atoms with E-state index in [1.165, 1.54) is 7.11 Å². The summed E-state index contributed by atoms with van der Waals surface area (Å²) < 4.78 is 5.25. The summed E-state index contributed by atoms with van der Waals surface area (Å²) in [5.41, 5.74) is 1.28. The molecule has 5 heteroatoms. The van der Waals surface area contributed by atoms with Crippen molar-refractivity contribution in [1.82, 2.24) is 4.90 Å². The molecule has 1 unspecified atom stereocenters. The number of methoxy groups -OCH3 is 1. The van der Waals surface area contributed by atoms with Crippen LogP contribution in [0.1, 0.15) is 28.8 Å². The lowest BCUT2D eigenvalue weighted by Crippen LogP contribution is -2.33. The topological polar surface area (TPSA) is 63.7 Å². The maximum Gasteiger partial charge on any atom is 0.150 e. The van der Waals surface area contributed by atoms with Gasteiger partial charge in [0.25, 0.3) is 0 Å². The maximum absolute atomic E-state index is 11.1. The number of aldehydes is 3. The van der Waals surface area contributed by atoms with Crippen LogP contribution in [0.3, 0.4) is 0 Å². The molecule has 0 spiro atoms. The molecule has 0 aliphatic heterocycles. The molecule has 0 amide bonds. The van der Waals surface area contributed by atoms with Gasteiger partial charge >= 0.3 is 0 Å². The Kier molecular flexibility index (Phi) is 6.59. The molecule has 0 aliphatic carbocycles. The fourth-order valence-corrected chi connectivity index (χ4v) is 2.05. The van der Waals surface area contributed by atoms with Gasteiger partial charge in [0, 0.05) is 24.1 Å². The number of nitrogens with zero attached hydrogens (tertiary/aromatic N) is 1. The molecule has 0 saturated heterocycles. The smallest absolute Gasteiger partial charge is 0.150 e. The molecule has 0 fully saturated rings. The lowest BCUT2D eigenvalue weighted by molar-refractivity contribution is -0.113. The molecule has 1 aromatic rings. The second kappa shape index (κ2) is 8.22. The molecule has 108 valence electrons. The summed E-state index contributed by atoms with van der Waals surface area (Å²) >= 11 is 0. The summed E-state index contributed by atoms with van der Waals surface area (Å²) in [6.45, 7) is 0.403. The molecule has 0 aliphatic rings. The molecule has 0 bridgehead atoms. The van der Waals surface area contributed by atoms with Crippen LogP contribution in [0.5, 0.6) is 5.75 Å². The Morgan fingerprint density at radius 1 is 1.30 bits per heavy atom. The van der Waals surface area contributed by atoms with E-state index < -0.39 is 0 Å². The summed E-state index contributed by atoms with van der Waals surface area (Å²) in [4.78, 5) is 34.4. The van der Waals surface area contributed by atoms with E-state index in [4.69, 9.17) is 4.74 Å². The molecule has 0 aromatic heterocycles. The highest BCUT2D eigenvalue weighted by Crippen LogP contribution is 2.23. The molecule has 1 atom stereocenters. The number of hydrogen-bond acceptors (Lipinski definition) is 5. The van der Waals surface area contributed by atoms with E-state index in [9.17, 15) is 14.4 Å². The first-order valence-corrected chi connectivity index (χ1v) is 6.38. The van der Waals surface area contributed by atoms with Crippen LogP contribution < -0.4 is 4.74 Å². The van der Waals surface area contributed by atoms with Gasteiger partial charge in [-0.15, -0.1) is 0 Å². The predicted octanol–water partition coefficient (Wildman–Crippen LogP) is 1.49. The minimum absolute atomic E-state index is 0.334. The number of likely N-dealkylation sites (N-methyl/N-ethyl adjacent to an activating group) is 1.